The SMILES string of the molecule is C[C@H]1CCCC[C@H]1NC(=O)/C(C#N)=C/c1ccc([O-])c([N+](=O)[O-])c1. The number of nitrogens with zero attached hydrogens (tertiary/aromatic N) is 2. The van der Waals surface area contributed by atoms with Gasteiger partial charge in [0.25, 0.3) is 11.6 Å². The van der Waals surface area contributed by atoms with Crippen molar-refractivity contribution in [3.8, 4) is 11.8 Å². The van der Waals surface area contributed by atoms with Crippen LogP contribution in [0.3, 0.4) is 0 Å². The van der Waals surface area contributed by atoms with Crippen LogP contribution in [0.1, 0.15) is 38.2 Å². The van der Waals surface area contributed by atoms with Gasteiger partial charge in [-0.05, 0) is 36.1 Å². The maximum atomic E-state index is 12.3. The van der Waals surface area contributed by atoms with Gasteiger partial charge in [0.05, 0.1) is 4.92 Å². The predicted octanol–water partition coefficient (Wildman–Crippen LogP) is 2.27. The van der Waals surface area contributed by atoms with Crippen LogP contribution in [0.25, 0.3) is 6.08 Å². The monoisotopic (exact) mass is 328 g/mol. The molecule has 1 saturated carbocycles. The Balaban J connectivity index is 2.19. The molecule has 1 aromatic rings. The Bertz CT molecular complexity index is 721. The molecule has 7 nitrogen and oxygen atoms in total. The second-order valence-electron chi connectivity index (χ2n) is 6.00. The first kappa shape index (κ1) is 17.5. The molecular weight excluding hydrogens is 310 g/mol. The van der Waals surface area contributed by atoms with E-state index in [2.05, 4.69) is 12.2 Å². The highest BCUT2D eigenvalue weighted by Crippen LogP contribution is 2.26. The Morgan fingerprint density at radius 1 is 1.42 bits per heavy atom. The number of nitriles is 1. The summed E-state index contributed by atoms with van der Waals surface area (Å²) in [5.41, 5.74) is -0.451. The Morgan fingerprint density at radius 2 is 2.12 bits per heavy atom. The second-order valence-corrected chi connectivity index (χ2v) is 6.00. The summed E-state index contributed by atoms with van der Waals surface area (Å²) in [7, 11) is 0. The lowest BCUT2D eigenvalue weighted by Crippen LogP contribution is -2.41. The third kappa shape index (κ3) is 4.10. The molecule has 0 unspecified atom stereocenters. The molecule has 2 atom stereocenters. The van der Waals surface area contributed by atoms with Crippen molar-refractivity contribution in [2.24, 2.45) is 5.92 Å². The fourth-order valence-electron chi connectivity index (χ4n) is 2.86. The minimum atomic E-state index is -0.782. The predicted molar refractivity (Wildman–Crippen MR) is 85.7 cm³/mol. The maximum absolute atomic E-state index is 12.3. The normalized spacial score (nSPS) is 20.9. The first-order valence-electron chi connectivity index (χ1n) is 7.80. The van der Waals surface area contributed by atoms with Crippen LogP contribution in [0, 0.1) is 27.4 Å². The van der Waals surface area contributed by atoms with Crippen LogP contribution in [0.15, 0.2) is 23.8 Å². The van der Waals surface area contributed by atoms with Crippen molar-refractivity contribution in [1.29, 1.82) is 5.26 Å². The summed E-state index contributed by atoms with van der Waals surface area (Å²) >= 11 is 0. The van der Waals surface area contributed by atoms with Crippen LogP contribution in [0.5, 0.6) is 5.75 Å². The number of rotatable bonds is 4. The minimum absolute atomic E-state index is 0.0290. The largest absolute Gasteiger partial charge is 0.868 e. The highest BCUT2D eigenvalue weighted by Gasteiger charge is 2.24. The van der Waals surface area contributed by atoms with E-state index in [0.717, 1.165) is 37.8 Å². The molecule has 1 aromatic carbocycles. The Labute approximate surface area is 139 Å². The first-order valence-corrected chi connectivity index (χ1v) is 7.80. The van der Waals surface area contributed by atoms with Crippen LogP contribution in [0.2, 0.25) is 0 Å². The van der Waals surface area contributed by atoms with Gasteiger partial charge in [0, 0.05) is 12.1 Å². The van der Waals surface area contributed by atoms with E-state index in [4.69, 9.17) is 0 Å². The van der Waals surface area contributed by atoms with Crippen LogP contribution >= 0.6 is 0 Å². The van der Waals surface area contributed by atoms with Gasteiger partial charge >= 0.3 is 0 Å². The number of hydrogen-bond donors (Lipinski definition) is 1. The average molecular weight is 328 g/mol. The van der Waals surface area contributed by atoms with Crippen molar-refractivity contribution < 1.29 is 14.8 Å². The number of carbonyl (C=O) groups excluding carboxylic acids is 1. The third-order valence-corrected chi connectivity index (χ3v) is 4.28. The van der Waals surface area contributed by atoms with Crippen molar-refractivity contribution in [3.05, 3.63) is 39.4 Å². The first-order chi connectivity index (χ1) is 11.4. The quantitative estimate of drug-likeness (QED) is 0.393. The fourth-order valence-corrected chi connectivity index (χ4v) is 2.86. The second kappa shape index (κ2) is 7.59. The standard InChI is InChI=1S/C17H19N3O4/c1-11-4-2-3-5-14(11)19-17(22)13(10-18)8-12-6-7-16(21)15(9-12)20(23)24/h6-9,11,14,21H,2-5H2,1H3,(H,19,22)/p-1/b13-8+/t11-,14+/m0/s1. The van der Waals surface area contributed by atoms with Gasteiger partial charge < -0.3 is 10.4 Å². The molecule has 1 fully saturated rings. The van der Waals surface area contributed by atoms with Crippen molar-refractivity contribution >= 4 is 17.7 Å². The molecule has 1 N–H and O–H groups in total. The smallest absolute Gasteiger partial charge is 0.262 e. The molecule has 0 aliphatic heterocycles. The Kier molecular flexibility index (Phi) is 5.53. The van der Waals surface area contributed by atoms with E-state index in [9.17, 15) is 25.3 Å². The topological polar surface area (TPSA) is 119 Å². The lowest BCUT2D eigenvalue weighted by atomic mass is 9.86. The third-order valence-electron chi connectivity index (χ3n) is 4.28. The lowest BCUT2D eigenvalue weighted by Gasteiger charge is -2.29. The molecule has 0 aromatic heterocycles. The van der Waals surface area contributed by atoms with Crippen LogP contribution in [-0.4, -0.2) is 16.9 Å². The molecule has 0 saturated heterocycles. The zero-order valence-electron chi connectivity index (χ0n) is 13.3. The molecule has 126 valence electrons. The fraction of sp³-hybridized carbons (Fsp3) is 0.412. The van der Waals surface area contributed by atoms with E-state index < -0.39 is 22.3 Å². The molecule has 1 amide bonds. The minimum Gasteiger partial charge on any atom is -0.868 e. The van der Waals surface area contributed by atoms with Gasteiger partial charge in [-0.1, -0.05) is 31.9 Å². The summed E-state index contributed by atoms with van der Waals surface area (Å²) < 4.78 is 0. The van der Waals surface area contributed by atoms with E-state index in [1.165, 1.54) is 12.1 Å². The number of nitro benzene ring substituents is 1. The molecule has 0 heterocycles. The Hall–Kier alpha value is -2.88. The molecule has 2 rings (SSSR count). The van der Waals surface area contributed by atoms with Crippen molar-refractivity contribution in [2.45, 2.75) is 38.6 Å². The lowest BCUT2D eigenvalue weighted by molar-refractivity contribution is -0.398. The van der Waals surface area contributed by atoms with E-state index in [1.54, 1.807) is 0 Å². The van der Waals surface area contributed by atoms with Crippen molar-refractivity contribution in [3.63, 3.8) is 0 Å². The summed E-state index contributed by atoms with van der Waals surface area (Å²) in [6.45, 7) is 2.07. The highest BCUT2D eigenvalue weighted by atomic mass is 16.6. The number of amides is 1. The van der Waals surface area contributed by atoms with Crippen LogP contribution < -0.4 is 10.4 Å². The summed E-state index contributed by atoms with van der Waals surface area (Å²) in [5, 5.41) is 34.3. The molecule has 1 aliphatic carbocycles. The van der Waals surface area contributed by atoms with Crippen molar-refractivity contribution in [2.75, 3.05) is 0 Å². The van der Waals surface area contributed by atoms with Gasteiger partial charge in [-0.3, -0.25) is 14.9 Å². The summed E-state index contributed by atoms with van der Waals surface area (Å²) in [6, 6.07) is 5.32. The van der Waals surface area contributed by atoms with Gasteiger partial charge in [-0.15, -0.1) is 0 Å². The molecule has 0 radical (unpaired) electrons. The number of benzene rings is 1. The van der Waals surface area contributed by atoms with E-state index in [-0.39, 0.29) is 17.2 Å². The summed E-state index contributed by atoms with van der Waals surface area (Å²) in [6.07, 6.45) is 5.35. The molecular formula is C17H18N3O4-. The van der Waals surface area contributed by atoms with Crippen molar-refractivity contribution in [1.82, 2.24) is 5.32 Å². The molecule has 1 aliphatic rings. The number of hydrogen-bond acceptors (Lipinski definition) is 5. The van der Waals surface area contributed by atoms with Gasteiger partial charge in [0.2, 0.25) is 0 Å². The molecule has 0 spiro atoms. The number of carbonyl (C=O) groups is 1. The number of nitrogens with one attached hydrogen (secondary N) is 1. The van der Waals surface area contributed by atoms with E-state index >= 15 is 0 Å². The van der Waals surface area contributed by atoms with Gasteiger partial charge in [-0.25, -0.2) is 0 Å². The maximum Gasteiger partial charge on any atom is 0.262 e. The van der Waals surface area contributed by atoms with Crippen LogP contribution in [-0.2, 0) is 4.79 Å². The van der Waals surface area contributed by atoms with Gasteiger partial charge in [-0.2, -0.15) is 5.26 Å². The zero-order chi connectivity index (χ0) is 17.7. The van der Waals surface area contributed by atoms with Crippen LogP contribution in [0.4, 0.5) is 5.69 Å². The van der Waals surface area contributed by atoms with Gasteiger partial charge in [0.1, 0.15) is 11.6 Å². The zero-order valence-corrected chi connectivity index (χ0v) is 13.3. The number of nitro groups is 1. The van der Waals surface area contributed by atoms with E-state index in [0.29, 0.717) is 5.92 Å². The summed E-state index contributed by atoms with van der Waals surface area (Å²) in [4.78, 5) is 22.3. The molecule has 24 heavy (non-hydrogen) atoms. The average Bonchev–Trinajstić information content (AvgIpc) is 2.55. The van der Waals surface area contributed by atoms with E-state index in [1.807, 2.05) is 6.07 Å². The Morgan fingerprint density at radius 3 is 2.75 bits per heavy atom. The van der Waals surface area contributed by atoms with Gasteiger partial charge in [0.15, 0.2) is 0 Å². The molecule has 7 heteroatoms. The molecule has 0 bridgehead atoms. The highest BCUT2D eigenvalue weighted by molar-refractivity contribution is 6.01. The summed E-state index contributed by atoms with van der Waals surface area (Å²) in [5.74, 6) is -0.857.